The number of carbonyl (C=O) groups is 1. The van der Waals surface area contributed by atoms with Gasteiger partial charge in [-0.3, -0.25) is 4.79 Å². The molecule has 2 aliphatic carbocycles. The van der Waals surface area contributed by atoms with Gasteiger partial charge in [0.25, 0.3) is 0 Å². The van der Waals surface area contributed by atoms with E-state index in [0.29, 0.717) is 11.5 Å². The summed E-state index contributed by atoms with van der Waals surface area (Å²) in [5.41, 5.74) is 4.75. The molecule has 2 nitrogen and oxygen atoms in total. The van der Waals surface area contributed by atoms with Crippen LogP contribution in [0, 0.1) is 11.3 Å². The Hall–Kier alpha value is -1.57. The third-order valence-electron chi connectivity index (χ3n) is 5.32. The zero-order valence-corrected chi connectivity index (χ0v) is 13.2. The second-order valence-corrected chi connectivity index (χ2v) is 6.87. The molecule has 0 bridgehead atoms. The smallest absolute Gasteiger partial charge is 0.161 e. The molecule has 0 aliphatic heterocycles. The number of hydrogen-bond donors (Lipinski definition) is 1. The molecule has 1 unspecified atom stereocenters. The van der Waals surface area contributed by atoms with Crippen molar-refractivity contribution in [2.24, 2.45) is 11.3 Å². The van der Waals surface area contributed by atoms with Gasteiger partial charge in [-0.05, 0) is 60.6 Å². The minimum Gasteiger partial charge on any atom is -0.508 e. The normalized spacial score (nSPS) is 27.8. The van der Waals surface area contributed by atoms with Crippen LogP contribution in [0.25, 0.3) is 5.57 Å². The molecule has 0 heterocycles. The average molecular weight is 284 g/mol. The summed E-state index contributed by atoms with van der Waals surface area (Å²) in [6.07, 6.45) is 5.44. The number of rotatable bonds is 3. The van der Waals surface area contributed by atoms with E-state index in [1.165, 1.54) is 29.5 Å². The number of allylic oxidation sites excluding steroid dienone is 2. The fraction of sp³-hybridized carbons (Fsp3) is 0.526. The fourth-order valence-corrected chi connectivity index (χ4v) is 4.49. The Kier molecular flexibility index (Phi) is 3.43. The van der Waals surface area contributed by atoms with Gasteiger partial charge in [-0.15, -0.1) is 0 Å². The van der Waals surface area contributed by atoms with Crippen LogP contribution in [-0.2, 0) is 11.2 Å². The van der Waals surface area contributed by atoms with Gasteiger partial charge in [0.05, 0.1) is 0 Å². The Bertz CT molecular complexity index is 626. The van der Waals surface area contributed by atoms with E-state index in [9.17, 15) is 9.90 Å². The Labute approximate surface area is 126 Å². The van der Waals surface area contributed by atoms with Crippen molar-refractivity contribution in [3.05, 3.63) is 34.9 Å². The second kappa shape index (κ2) is 5.01. The van der Waals surface area contributed by atoms with Gasteiger partial charge in [0.1, 0.15) is 5.75 Å². The lowest BCUT2D eigenvalue weighted by atomic mass is 9.64. The van der Waals surface area contributed by atoms with Gasteiger partial charge in [0, 0.05) is 11.3 Å². The summed E-state index contributed by atoms with van der Waals surface area (Å²) in [5, 5.41) is 9.78. The highest BCUT2D eigenvalue weighted by molar-refractivity contribution is 6.07. The number of aromatic hydroxyl groups is 1. The van der Waals surface area contributed by atoms with Gasteiger partial charge in [-0.25, -0.2) is 0 Å². The summed E-state index contributed by atoms with van der Waals surface area (Å²) >= 11 is 0. The molecule has 0 aromatic heterocycles. The largest absolute Gasteiger partial charge is 0.508 e. The monoisotopic (exact) mass is 284 g/mol. The van der Waals surface area contributed by atoms with Gasteiger partial charge < -0.3 is 5.11 Å². The van der Waals surface area contributed by atoms with Gasteiger partial charge in [0.2, 0.25) is 0 Å². The molecule has 1 aromatic carbocycles. The summed E-state index contributed by atoms with van der Waals surface area (Å²) in [7, 11) is 0. The molecule has 0 amide bonds. The molecule has 1 N–H and O–H groups in total. The van der Waals surface area contributed by atoms with Crippen molar-refractivity contribution in [1.29, 1.82) is 0 Å². The zero-order chi connectivity index (χ0) is 15.2. The Morgan fingerprint density at radius 2 is 2.14 bits per heavy atom. The lowest BCUT2D eigenvalue weighted by Crippen LogP contribution is -2.33. The fourth-order valence-electron chi connectivity index (χ4n) is 4.49. The molecule has 0 fully saturated rings. The predicted octanol–water partition coefficient (Wildman–Crippen LogP) is 4.51. The molecular formula is C19H24O2. The van der Waals surface area contributed by atoms with Crippen LogP contribution in [0.2, 0.25) is 0 Å². The van der Waals surface area contributed by atoms with Crippen molar-refractivity contribution in [3.63, 3.8) is 0 Å². The van der Waals surface area contributed by atoms with Gasteiger partial charge in [-0.1, -0.05) is 32.8 Å². The van der Waals surface area contributed by atoms with E-state index >= 15 is 0 Å². The maximum Gasteiger partial charge on any atom is 0.161 e. The number of benzene rings is 1. The standard InChI is InChI=1S/C19H24O2/c1-4-5-8-19-10-12(2)18(21)13(3)17(19)16-7-6-15(20)9-14(16)11-19/h6-7,9,12,20H,4-5,8,10-11H2,1-3H3/t12-,19?/m0/s1. The summed E-state index contributed by atoms with van der Waals surface area (Å²) in [4.78, 5) is 12.5. The van der Waals surface area contributed by atoms with E-state index in [1.807, 2.05) is 19.1 Å². The van der Waals surface area contributed by atoms with Crippen molar-refractivity contribution >= 4 is 11.4 Å². The van der Waals surface area contributed by atoms with E-state index in [0.717, 1.165) is 24.8 Å². The first-order valence-corrected chi connectivity index (χ1v) is 8.06. The quantitative estimate of drug-likeness (QED) is 0.887. The lowest BCUT2D eigenvalue weighted by Gasteiger charge is -2.38. The van der Waals surface area contributed by atoms with Crippen LogP contribution in [0.15, 0.2) is 23.8 Å². The summed E-state index contributed by atoms with van der Waals surface area (Å²) in [6, 6.07) is 5.63. The number of Topliss-reactive ketones (excluding diaryl/α,β-unsaturated/α-hetero) is 1. The Morgan fingerprint density at radius 1 is 1.38 bits per heavy atom. The highest BCUT2D eigenvalue weighted by Gasteiger charge is 2.47. The number of fused-ring (bicyclic) bond motifs is 3. The van der Waals surface area contributed by atoms with Crippen LogP contribution in [0.1, 0.15) is 57.6 Å². The summed E-state index contributed by atoms with van der Waals surface area (Å²) < 4.78 is 0. The Morgan fingerprint density at radius 3 is 2.86 bits per heavy atom. The molecule has 0 spiro atoms. The van der Waals surface area contributed by atoms with Crippen molar-refractivity contribution in [3.8, 4) is 5.75 Å². The highest BCUT2D eigenvalue weighted by atomic mass is 16.3. The van der Waals surface area contributed by atoms with E-state index in [1.54, 1.807) is 6.07 Å². The maximum atomic E-state index is 12.5. The van der Waals surface area contributed by atoms with Crippen LogP contribution in [0.3, 0.4) is 0 Å². The molecule has 2 atom stereocenters. The van der Waals surface area contributed by atoms with Gasteiger partial charge in [-0.2, -0.15) is 0 Å². The van der Waals surface area contributed by atoms with Crippen LogP contribution >= 0.6 is 0 Å². The van der Waals surface area contributed by atoms with E-state index in [4.69, 9.17) is 0 Å². The van der Waals surface area contributed by atoms with E-state index in [2.05, 4.69) is 13.8 Å². The van der Waals surface area contributed by atoms with Crippen LogP contribution in [0.4, 0.5) is 0 Å². The topological polar surface area (TPSA) is 37.3 Å². The number of carbonyl (C=O) groups excluding carboxylic acids is 1. The molecule has 2 heteroatoms. The number of ketones is 1. The molecule has 1 aromatic rings. The van der Waals surface area contributed by atoms with Gasteiger partial charge in [0.15, 0.2) is 5.78 Å². The van der Waals surface area contributed by atoms with Crippen LogP contribution in [0.5, 0.6) is 5.75 Å². The minimum absolute atomic E-state index is 0.115. The van der Waals surface area contributed by atoms with E-state index in [-0.39, 0.29) is 11.3 Å². The molecule has 0 saturated carbocycles. The first kappa shape index (κ1) is 14.4. The number of phenols is 1. The number of unbranched alkanes of at least 4 members (excludes halogenated alkanes) is 1. The summed E-state index contributed by atoms with van der Waals surface area (Å²) in [5.74, 6) is 0.752. The van der Waals surface area contributed by atoms with Crippen molar-refractivity contribution in [2.45, 2.75) is 52.9 Å². The third-order valence-corrected chi connectivity index (χ3v) is 5.32. The lowest BCUT2D eigenvalue weighted by molar-refractivity contribution is -0.120. The SMILES string of the molecule is CCCCC12Cc3cc(O)ccc3C1=C(C)C(=O)[C@@H](C)C2. The van der Waals surface area contributed by atoms with Crippen molar-refractivity contribution < 1.29 is 9.90 Å². The highest BCUT2D eigenvalue weighted by Crippen LogP contribution is 2.57. The predicted molar refractivity (Wildman–Crippen MR) is 85.2 cm³/mol. The number of hydrogen-bond acceptors (Lipinski definition) is 2. The first-order valence-electron chi connectivity index (χ1n) is 8.06. The van der Waals surface area contributed by atoms with Gasteiger partial charge >= 0.3 is 0 Å². The second-order valence-electron chi connectivity index (χ2n) is 6.87. The molecule has 0 saturated heterocycles. The minimum atomic E-state index is 0.115. The zero-order valence-electron chi connectivity index (χ0n) is 13.2. The van der Waals surface area contributed by atoms with E-state index < -0.39 is 0 Å². The van der Waals surface area contributed by atoms with Crippen LogP contribution in [-0.4, -0.2) is 10.9 Å². The molecular weight excluding hydrogens is 260 g/mol. The van der Waals surface area contributed by atoms with Crippen molar-refractivity contribution in [1.82, 2.24) is 0 Å². The van der Waals surface area contributed by atoms with Crippen molar-refractivity contribution in [2.75, 3.05) is 0 Å². The molecule has 0 radical (unpaired) electrons. The Balaban J connectivity index is 2.17. The summed E-state index contributed by atoms with van der Waals surface area (Å²) in [6.45, 7) is 6.28. The first-order chi connectivity index (χ1) is 9.98. The maximum absolute atomic E-state index is 12.5. The van der Waals surface area contributed by atoms with Crippen LogP contribution < -0.4 is 0 Å². The molecule has 112 valence electrons. The molecule has 2 aliphatic rings. The number of phenolic OH excluding ortho intramolecular Hbond substituents is 1. The average Bonchev–Trinajstić information content (AvgIpc) is 2.76. The molecule has 21 heavy (non-hydrogen) atoms. The third kappa shape index (κ3) is 2.12. The molecule has 3 rings (SSSR count).